The Morgan fingerprint density at radius 1 is 1.22 bits per heavy atom. The van der Waals surface area contributed by atoms with Crippen LogP contribution in [0.4, 0.5) is 18.9 Å². The molecule has 0 aromatic heterocycles. The van der Waals surface area contributed by atoms with Crippen molar-refractivity contribution in [2.45, 2.75) is 33.0 Å². The number of hydrogen-bond donors (Lipinski definition) is 1. The van der Waals surface area contributed by atoms with Crippen molar-refractivity contribution >= 4 is 35.6 Å². The summed E-state index contributed by atoms with van der Waals surface area (Å²) in [6.45, 7) is 8.63. The van der Waals surface area contributed by atoms with Crippen molar-refractivity contribution in [3.05, 3.63) is 42.0 Å². The van der Waals surface area contributed by atoms with Crippen molar-refractivity contribution in [1.82, 2.24) is 15.1 Å². The molecule has 180 valence electrons. The summed E-state index contributed by atoms with van der Waals surface area (Å²) in [6.07, 6.45) is 1.08. The SMILES string of the molecule is CCNC(=NCc1cccc(N2CC=CC2)c1)N1CCC(CN(CC)CC(F)(F)F)C1.I. The topological polar surface area (TPSA) is 34.1 Å². The van der Waals surface area contributed by atoms with E-state index < -0.39 is 12.7 Å². The third-order valence-electron chi connectivity index (χ3n) is 5.79. The fraction of sp³-hybridized carbons (Fsp3) is 0.609. The number of nitrogens with zero attached hydrogens (tertiary/aromatic N) is 4. The van der Waals surface area contributed by atoms with Gasteiger partial charge in [0.2, 0.25) is 0 Å². The van der Waals surface area contributed by atoms with Crippen molar-refractivity contribution in [2.24, 2.45) is 10.9 Å². The Morgan fingerprint density at radius 2 is 1.97 bits per heavy atom. The molecule has 0 bridgehead atoms. The summed E-state index contributed by atoms with van der Waals surface area (Å²) in [5.41, 5.74) is 2.35. The molecule has 2 aliphatic heterocycles. The van der Waals surface area contributed by atoms with Gasteiger partial charge >= 0.3 is 6.18 Å². The van der Waals surface area contributed by atoms with Gasteiger partial charge in [0.1, 0.15) is 0 Å². The molecule has 2 aliphatic rings. The highest BCUT2D eigenvalue weighted by molar-refractivity contribution is 14.0. The largest absolute Gasteiger partial charge is 0.401 e. The number of likely N-dealkylation sites (tertiary alicyclic amines) is 1. The molecule has 32 heavy (non-hydrogen) atoms. The molecular formula is C23H35F3IN5. The van der Waals surface area contributed by atoms with Crippen molar-refractivity contribution in [1.29, 1.82) is 0 Å². The first-order valence-electron chi connectivity index (χ1n) is 11.2. The van der Waals surface area contributed by atoms with Crippen LogP contribution in [0.3, 0.4) is 0 Å². The lowest BCUT2D eigenvalue weighted by Crippen LogP contribution is -2.41. The first kappa shape index (κ1) is 26.8. The van der Waals surface area contributed by atoms with Crippen molar-refractivity contribution in [2.75, 3.05) is 57.3 Å². The van der Waals surface area contributed by atoms with Gasteiger partial charge in [-0.1, -0.05) is 31.2 Å². The van der Waals surface area contributed by atoms with E-state index in [1.807, 2.05) is 6.92 Å². The summed E-state index contributed by atoms with van der Waals surface area (Å²) >= 11 is 0. The van der Waals surface area contributed by atoms with Crippen LogP contribution < -0.4 is 10.2 Å². The zero-order valence-electron chi connectivity index (χ0n) is 18.9. The number of halogens is 4. The minimum atomic E-state index is -4.15. The van der Waals surface area contributed by atoms with E-state index in [2.05, 4.69) is 51.5 Å². The molecule has 1 N–H and O–H groups in total. The molecule has 1 unspecified atom stereocenters. The molecule has 0 amide bonds. The molecule has 1 aromatic carbocycles. The Balaban J connectivity index is 0.00000363. The Bertz CT molecular complexity index is 760. The molecule has 1 saturated heterocycles. The number of aliphatic imine (C=N–C) groups is 1. The van der Waals surface area contributed by atoms with Gasteiger partial charge < -0.3 is 15.1 Å². The van der Waals surface area contributed by atoms with Crippen LogP contribution in [0.1, 0.15) is 25.8 Å². The van der Waals surface area contributed by atoms with E-state index in [1.165, 1.54) is 10.6 Å². The normalized spacial score (nSPS) is 19.1. The second kappa shape index (κ2) is 12.7. The lowest BCUT2D eigenvalue weighted by molar-refractivity contribution is -0.146. The lowest BCUT2D eigenvalue weighted by Gasteiger charge is -2.26. The summed E-state index contributed by atoms with van der Waals surface area (Å²) in [7, 11) is 0. The standard InChI is InChI=1S/C23H34F3N5.HI/c1-3-27-22(28-15-19-8-7-9-21(14-19)30-11-5-6-12-30)31-13-10-20(17-31)16-29(4-2)18-23(24,25)26;/h5-9,14,20H,3-4,10-13,15-18H2,1-2H3,(H,27,28);1H. The van der Waals surface area contributed by atoms with Crippen LogP contribution in [-0.2, 0) is 6.54 Å². The second-order valence-corrected chi connectivity index (χ2v) is 8.26. The molecule has 0 radical (unpaired) electrons. The zero-order valence-corrected chi connectivity index (χ0v) is 21.3. The Labute approximate surface area is 206 Å². The fourth-order valence-corrected chi connectivity index (χ4v) is 4.23. The monoisotopic (exact) mass is 565 g/mol. The highest BCUT2D eigenvalue weighted by atomic mass is 127. The van der Waals surface area contributed by atoms with E-state index >= 15 is 0 Å². The fourth-order valence-electron chi connectivity index (χ4n) is 4.23. The number of hydrogen-bond acceptors (Lipinski definition) is 3. The molecule has 0 saturated carbocycles. The molecule has 1 atom stereocenters. The van der Waals surface area contributed by atoms with E-state index in [9.17, 15) is 13.2 Å². The molecule has 5 nitrogen and oxygen atoms in total. The smallest absolute Gasteiger partial charge is 0.364 e. The van der Waals surface area contributed by atoms with Crippen molar-refractivity contribution in [3.8, 4) is 0 Å². The van der Waals surface area contributed by atoms with E-state index in [-0.39, 0.29) is 29.9 Å². The summed E-state index contributed by atoms with van der Waals surface area (Å²) in [6, 6.07) is 8.46. The van der Waals surface area contributed by atoms with E-state index in [0.717, 1.165) is 50.7 Å². The molecule has 1 aromatic rings. The molecule has 9 heteroatoms. The number of anilines is 1. The van der Waals surface area contributed by atoms with E-state index in [4.69, 9.17) is 4.99 Å². The van der Waals surface area contributed by atoms with Crippen LogP contribution >= 0.6 is 24.0 Å². The average Bonchev–Trinajstić information content (AvgIpc) is 3.42. The van der Waals surface area contributed by atoms with Crippen LogP contribution in [-0.4, -0.2) is 74.3 Å². The lowest BCUT2D eigenvalue weighted by atomic mass is 10.1. The first-order valence-corrected chi connectivity index (χ1v) is 11.2. The van der Waals surface area contributed by atoms with E-state index in [0.29, 0.717) is 19.6 Å². The van der Waals surface area contributed by atoms with Crippen LogP contribution in [0.25, 0.3) is 0 Å². The van der Waals surface area contributed by atoms with Gasteiger partial charge in [-0.3, -0.25) is 4.90 Å². The van der Waals surface area contributed by atoms with Crippen LogP contribution in [0.5, 0.6) is 0 Å². The average molecular weight is 565 g/mol. The summed E-state index contributed by atoms with van der Waals surface area (Å²) < 4.78 is 38.3. The molecule has 1 fully saturated rings. The molecule has 2 heterocycles. The molecular weight excluding hydrogens is 530 g/mol. The maximum absolute atomic E-state index is 12.8. The van der Waals surface area contributed by atoms with Gasteiger partial charge in [-0.2, -0.15) is 13.2 Å². The number of rotatable bonds is 8. The molecule has 0 aliphatic carbocycles. The quantitative estimate of drug-likeness (QED) is 0.220. The minimum absolute atomic E-state index is 0. The highest BCUT2D eigenvalue weighted by Gasteiger charge is 2.33. The van der Waals surface area contributed by atoms with Gasteiger partial charge in [-0.25, -0.2) is 4.99 Å². The van der Waals surface area contributed by atoms with Crippen molar-refractivity contribution < 1.29 is 13.2 Å². The summed E-state index contributed by atoms with van der Waals surface area (Å²) in [5, 5.41) is 3.35. The van der Waals surface area contributed by atoms with Gasteiger partial charge in [-0.05, 0) is 43.5 Å². The zero-order chi connectivity index (χ0) is 22.3. The van der Waals surface area contributed by atoms with Crippen molar-refractivity contribution in [3.63, 3.8) is 0 Å². The number of benzene rings is 1. The molecule has 3 rings (SSSR count). The van der Waals surface area contributed by atoms with Crippen LogP contribution in [0, 0.1) is 5.92 Å². The van der Waals surface area contributed by atoms with Gasteiger partial charge in [-0.15, -0.1) is 24.0 Å². The van der Waals surface area contributed by atoms with Crippen LogP contribution in [0.15, 0.2) is 41.4 Å². The maximum Gasteiger partial charge on any atom is 0.401 e. The van der Waals surface area contributed by atoms with E-state index in [1.54, 1.807) is 6.92 Å². The Hall–Kier alpha value is -1.49. The predicted octanol–water partition coefficient (Wildman–Crippen LogP) is 4.35. The summed E-state index contributed by atoms with van der Waals surface area (Å²) in [5.74, 6) is 1.06. The van der Waals surface area contributed by atoms with Gasteiger partial charge in [0.15, 0.2) is 5.96 Å². The predicted molar refractivity (Wildman–Crippen MR) is 136 cm³/mol. The second-order valence-electron chi connectivity index (χ2n) is 8.26. The number of nitrogens with one attached hydrogen (secondary N) is 1. The van der Waals surface area contributed by atoms with Crippen LogP contribution in [0.2, 0.25) is 0 Å². The summed E-state index contributed by atoms with van der Waals surface area (Å²) in [4.78, 5) is 10.8. The van der Waals surface area contributed by atoms with Gasteiger partial charge in [0, 0.05) is 45.0 Å². The van der Waals surface area contributed by atoms with Gasteiger partial charge in [0.25, 0.3) is 0 Å². The third-order valence-corrected chi connectivity index (χ3v) is 5.79. The minimum Gasteiger partial charge on any atom is -0.364 e. The highest BCUT2D eigenvalue weighted by Crippen LogP contribution is 2.22. The first-order chi connectivity index (χ1) is 14.9. The Kier molecular flexibility index (Phi) is 10.6. The Morgan fingerprint density at radius 3 is 2.62 bits per heavy atom. The number of guanidine groups is 1. The maximum atomic E-state index is 12.8. The third kappa shape index (κ3) is 8.13. The van der Waals surface area contributed by atoms with Gasteiger partial charge in [0.05, 0.1) is 13.1 Å². The number of alkyl halides is 3. The molecule has 0 spiro atoms.